The van der Waals surface area contributed by atoms with Crippen molar-refractivity contribution in [2.75, 3.05) is 31.5 Å². The number of amides is 1. The van der Waals surface area contributed by atoms with Crippen molar-refractivity contribution in [3.63, 3.8) is 0 Å². The fraction of sp³-hybridized carbons (Fsp3) is 0.409. The lowest BCUT2D eigenvalue weighted by atomic mass is 9.96. The molecule has 2 heterocycles. The van der Waals surface area contributed by atoms with E-state index < -0.39 is 15.8 Å². The first-order valence-electron chi connectivity index (χ1n) is 10.3. The molecule has 1 atom stereocenters. The number of hydrogen-bond donors (Lipinski definition) is 1. The summed E-state index contributed by atoms with van der Waals surface area (Å²) < 4.78 is 40.0. The molecule has 0 spiro atoms. The first-order valence-corrected chi connectivity index (χ1v) is 11.7. The van der Waals surface area contributed by atoms with E-state index >= 15 is 0 Å². The number of benzene rings is 2. The van der Waals surface area contributed by atoms with E-state index in [1.165, 1.54) is 16.4 Å². The summed E-state index contributed by atoms with van der Waals surface area (Å²) in [6, 6.07) is 15.1. The van der Waals surface area contributed by atoms with Crippen LogP contribution in [0.25, 0.3) is 0 Å². The van der Waals surface area contributed by atoms with Gasteiger partial charge in [0.2, 0.25) is 15.9 Å². The van der Waals surface area contributed by atoms with Crippen molar-refractivity contribution in [1.82, 2.24) is 9.21 Å². The summed E-state index contributed by atoms with van der Waals surface area (Å²) in [6.07, 6.45) is 1.91. The molecule has 0 saturated carbocycles. The van der Waals surface area contributed by atoms with E-state index in [2.05, 4.69) is 5.32 Å². The average Bonchev–Trinajstić information content (AvgIpc) is 3.23. The first kappa shape index (κ1) is 20.8. The zero-order valence-corrected chi connectivity index (χ0v) is 17.5. The van der Waals surface area contributed by atoms with Gasteiger partial charge in [-0.25, -0.2) is 12.8 Å². The van der Waals surface area contributed by atoms with Crippen LogP contribution >= 0.6 is 0 Å². The molecule has 1 amide bonds. The van der Waals surface area contributed by atoms with Crippen molar-refractivity contribution < 1.29 is 17.6 Å². The number of anilines is 1. The number of sulfonamides is 1. The van der Waals surface area contributed by atoms with Crippen LogP contribution in [-0.4, -0.2) is 55.8 Å². The van der Waals surface area contributed by atoms with Gasteiger partial charge in [-0.1, -0.05) is 18.2 Å². The fourth-order valence-corrected chi connectivity index (χ4v) is 5.67. The lowest BCUT2D eigenvalue weighted by Gasteiger charge is -2.32. The molecule has 1 N–H and O–H groups in total. The molecule has 4 rings (SSSR count). The van der Waals surface area contributed by atoms with Crippen molar-refractivity contribution in [3.8, 4) is 0 Å². The van der Waals surface area contributed by atoms with E-state index in [1.54, 1.807) is 0 Å². The van der Waals surface area contributed by atoms with Crippen LogP contribution in [0.2, 0.25) is 0 Å². The Morgan fingerprint density at radius 1 is 0.933 bits per heavy atom. The second-order valence-corrected chi connectivity index (χ2v) is 9.85. The SMILES string of the molecule is O=C(C1CCN(S(=O)(=O)c2ccc(F)cc2)CC1)N1CCC(Nc2ccccc2)C1. The normalized spacial score (nSPS) is 21.0. The second-order valence-electron chi connectivity index (χ2n) is 7.91. The van der Waals surface area contributed by atoms with Crippen LogP contribution < -0.4 is 5.32 Å². The summed E-state index contributed by atoms with van der Waals surface area (Å²) in [7, 11) is -3.66. The number of para-hydroxylation sites is 1. The van der Waals surface area contributed by atoms with Crippen molar-refractivity contribution in [3.05, 3.63) is 60.4 Å². The molecule has 1 unspecified atom stereocenters. The van der Waals surface area contributed by atoms with E-state index in [1.807, 2.05) is 35.2 Å². The smallest absolute Gasteiger partial charge is 0.243 e. The standard InChI is InChI=1S/C22H26FN3O3S/c23-18-6-8-21(9-7-18)30(28,29)26-14-10-17(11-15-26)22(27)25-13-12-20(16-25)24-19-4-2-1-3-5-19/h1-9,17,20,24H,10-16H2. The number of nitrogens with zero attached hydrogens (tertiary/aromatic N) is 2. The van der Waals surface area contributed by atoms with Gasteiger partial charge >= 0.3 is 0 Å². The minimum absolute atomic E-state index is 0.0862. The maximum Gasteiger partial charge on any atom is 0.243 e. The molecule has 8 heteroatoms. The summed E-state index contributed by atoms with van der Waals surface area (Å²) in [4.78, 5) is 14.9. The van der Waals surface area contributed by atoms with Gasteiger partial charge in [-0.15, -0.1) is 0 Å². The molecule has 2 fully saturated rings. The molecule has 0 aliphatic carbocycles. The van der Waals surface area contributed by atoms with Crippen LogP contribution in [0.15, 0.2) is 59.5 Å². The van der Waals surface area contributed by atoms with Crippen LogP contribution in [0, 0.1) is 11.7 Å². The van der Waals surface area contributed by atoms with Gasteiger partial charge in [0.1, 0.15) is 5.82 Å². The summed E-state index contributed by atoms with van der Waals surface area (Å²) in [6.45, 7) is 1.99. The molecule has 0 bridgehead atoms. The number of carbonyl (C=O) groups excluding carboxylic acids is 1. The summed E-state index contributed by atoms with van der Waals surface area (Å²) in [5.74, 6) is -0.504. The second kappa shape index (κ2) is 8.73. The van der Waals surface area contributed by atoms with Crippen molar-refractivity contribution in [2.24, 2.45) is 5.92 Å². The summed E-state index contributed by atoms with van der Waals surface area (Å²) >= 11 is 0. The lowest BCUT2D eigenvalue weighted by molar-refractivity contribution is -0.135. The maximum atomic E-state index is 13.1. The van der Waals surface area contributed by atoms with Crippen molar-refractivity contribution in [2.45, 2.75) is 30.2 Å². The third-order valence-corrected chi connectivity index (χ3v) is 7.81. The van der Waals surface area contributed by atoms with Crippen LogP contribution in [0.1, 0.15) is 19.3 Å². The highest BCUT2D eigenvalue weighted by molar-refractivity contribution is 7.89. The van der Waals surface area contributed by atoms with Gasteiger partial charge in [-0.3, -0.25) is 4.79 Å². The van der Waals surface area contributed by atoms with E-state index in [-0.39, 0.29) is 22.8 Å². The van der Waals surface area contributed by atoms with Crippen LogP contribution in [-0.2, 0) is 14.8 Å². The van der Waals surface area contributed by atoms with Crippen LogP contribution in [0.3, 0.4) is 0 Å². The van der Waals surface area contributed by atoms with E-state index in [0.717, 1.165) is 30.8 Å². The van der Waals surface area contributed by atoms with Gasteiger partial charge in [0.05, 0.1) is 4.90 Å². The predicted molar refractivity (Wildman–Crippen MR) is 113 cm³/mol. The number of likely N-dealkylation sites (tertiary alicyclic amines) is 1. The minimum atomic E-state index is -3.66. The summed E-state index contributed by atoms with van der Waals surface area (Å²) in [5, 5.41) is 3.47. The molecule has 2 aromatic rings. The molecular weight excluding hydrogens is 405 g/mol. The highest BCUT2D eigenvalue weighted by atomic mass is 32.2. The number of nitrogens with one attached hydrogen (secondary N) is 1. The Hall–Kier alpha value is -2.45. The van der Waals surface area contributed by atoms with Gasteiger partial charge in [-0.2, -0.15) is 4.31 Å². The van der Waals surface area contributed by atoms with Gasteiger partial charge < -0.3 is 10.2 Å². The molecule has 30 heavy (non-hydrogen) atoms. The quantitative estimate of drug-likeness (QED) is 0.790. The Kier molecular flexibility index (Phi) is 6.06. The fourth-order valence-electron chi connectivity index (χ4n) is 4.21. The minimum Gasteiger partial charge on any atom is -0.380 e. The number of halogens is 1. The molecule has 0 radical (unpaired) electrons. The van der Waals surface area contributed by atoms with Crippen LogP contribution in [0.5, 0.6) is 0 Å². The third kappa shape index (κ3) is 4.49. The Labute approximate surface area is 176 Å². The molecule has 2 saturated heterocycles. The Bertz CT molecular complexity index is 974. The van der Waals surface area contributed by atoms with Crippen molar-refractivity contribution in [1.29, 1.82) is 0 Å². The average molecular weight is 432 g/mol. The molecule has 2 aliphatic heterocycles. The van der Waals surface area contributed by atoms with E-state index in [0.29, 0.717) is 32.5 Å². The van der Waals surface area contributed by atoms with Crippen molar-refractivity contribution >= 4 is 21.6 Å². The first-order chi connectivity index (χ1) is 14.4. The highest BCUT2D eigenvalue weighted by Crippen LogP contribution is 2.27. The number of piperidine rings is 1. The molecule has 160 valence electrons. The predicted octanol–water partition coefficient (Wildman–Crippen LogP) is 2.94. The molecular formula is C22H26FN3O3S. The number of carbonyl (C=O) groups is 1. The largest absolute Gasteiger partial charge is 0.380 e. The highest BCUT2D eigenvalue weighted by Gasteiger charge is 2.36. The Balaban J connectivity index is 1.31. The van der Waals surface area contributed by atoms with Gasteiger partial charge in [0.15, 0.2) is 0 Å². The summed E-state index contributed by atoms with van der Waals surface area (Å²) in [5.41, 5.74) is 1.05. The van der Waals surface area contributed by atoms with E-state index in [4.69, 9.17) is 0 Å². The van der Waals surface area contributed by atoms with E-state index in [9.17, 15) is 17.6 Å². The number of hydrogen-bond acceptors (Lipinski definition) is 4. The Morgan fingerprint density at radius 2 is 1.60 bits per heavy atom. The van der Waals surface area contributed by atoms with Gasteiger partial charge in [0, 0.05) is 43.8 Å². The number of rotatable bonds is 5. The lowest BCUT2D eigenvalue weighted by Crippen LogP contribution is -2.44. The zero-order valence-electron chi connectivity index (χ0n) is 16.7. The molecule has 2 aliphatic rings. The molecule has 2 aromatic carbocycles. The zero-order chi connectivity index (χ0) is 21.1. The van der Waals surface area contributed by atoms with Gasteiger partial charge in [0.25, 0.3) is 0 Å². The third-order valence-electron chi connectivity index (χ3n) is 5.90. The topological polar surface area (TPSA) is 69.7 Å². The maximum absolute atomic E-state index is 13.1. The Morgan fingerprint density at radius 3 is 2.27 bits per heavy atom. The van der Waals surface area contributed by atoms with Gasteiger partial charge in [-0.05, 0) is 55.7 Å². The molecule has 6 nitrogen and oxygen atoms in total. The molecule has 0 aromatic heterocycles. The van der Waals surface area contributed by atoms with Crippen LogP contribution in [0.4, 0.5) is 10.1 Å². The monoisotopic (exact) mass is 431 g/mol.